The summed E-state index contributed by atoms with van der Waals surface area (Å²) in [7, 11) is 0. The molecule has 0 bridgehead atoms. The summed E-state index contributed by atoms with van der Waals surface area (Å²) in [5.74, 6) is 0.110. The first-order valence-electron chi connectivity index (χ1n) is 9.20. The van der Waals surface area contributed by atoms with Gasteiger partial charge in [0.05, 0.1) is 35.4 Å². The monoisotopic (exact) mass is 361 g/mol. The number of Topliss-reactive ketones (excluding diaryl/α,β-unsaturated/α-hetero) is 1. The Kier molecular flexibility index (Phi) is 4.61. The average Bonchev–Trinajstić information content (AvgIpc) is 3.12. The molecule has 1 aromatic heterocycles. The fraction of sp³-hybridized carbons (Fsp3) is 0.550. The molecule has 0 unspecified atom stereocenters. The van der Waals surface area contributed by atoms with Gasteiger partial charge in [-0.25, -0.2) is 0 Å². The Labute approximate surface area is 152 Å². The van der Waals surface area contributed by atoms with Crippen LogP contribution in [0.5, 0.6) is 0 Å². The molecule has 0 atom stereocenters. The first kappa shape index (κ1) is 17.1. The number of fused-ring (bicyclic) bond motifs is 1. The van der Waals surface area contributed by atoms with E-state index in [1.807, 2.05) is 24.4 Å². The molecule has 2 fully saturated rings. The first-order valence-corrected chi connectivity index (χ1v) is 9.58. The van der Waals surface area contributed by atoms with Crippen molar-refractivity contribution in [3.05, 3.63) is 35.0 Å². The molecule has 1 aliphatic carbocycles. The van der Waals surface area contributed by atoms with Crippen LogP contribution >= 0.6 is 11.6 Å². The summed E-state index contributed by atoms with van der Waals surface area (Å²) in [6.45, 7) is 1.36. The molecular weight excluding hydrogens is 338 g/mol. The van der Waals surface area contributed by atoms with Crippen LogP contribution in [-0.4, -0.2) is 34.3 Å². The van der Waals surface area contributed by atoms with E-state index in [0.29, 0.717) is 36.6 Å². The summed E-state index contributed by atoms with van der Waals surface area (Å²) in [6, 6.07) is 6.05. The summed E-state index contributed by atoms with van der Waals surface area (Å²) >= 11 is 6.41. The minimum atomic E-state index is -0.546. The van der Waals surface area contributed by atoms with Gasteiger partial charge in [0, 0.05) is 23.6 Å². The number of ether oxygens (including phenoxy) is 1. The Morgan fingerprint density at radius 3 is 2.76 bits per heavy atom. The van der Waals surface area contributed by atoms with Crippen molar-refractivity contribution in [3.8, 4) is 0 Å². The molecule has 0 amide bonds. The van der Waals surface area contributed by atoms with Crippen LogP contribution in [-0.2, 0) is 4.74 Å². The van der Waals surface area contributed by atoms with E-state index in [9.17, 15) is 9.90 Å². The third-order valence-electron chi connectivity index (χ3n) is 5.70. The number of hydrogen-bond acceptors (Lipinski definition) is 3. The fourth-order valence-electron chi connectivity index (χ4n) is 4.16. The zero-order valence-corrected chi connectivity index (χ0v) is 15.1. The Hall–Kier alpha value is -1.36. The molecule has 5 heteroatoms. The number of ketones is 1. The van der Waals surface area contributed by atoms with E-state index >= 15 is 0 Å². The van der Waals surface area contributed by atoms with E-state index in [1.165, 1.54) is 0 Å². The topological polar surface area (TPSA) is 51.5 Å². The molecule has 2 heterocycles. The van der Waals surface area contributed by atoms with Crippen molar-refractivity contribution in [2.24, 2.45) is 0 Å². The van der Waals surface area contributed by atoms with Crippen LogP contribution in [0.3, 0.4) is 0 Å². The fourth-order valence-corrected chi connectivity index (χ4v) is 4.43. The lowest BCUT2D eigenvalue weighted by Crippen LogP contribution is -2.30. The maximum Gasteiger partial charge on any atom is 0.165 e. The summed E-state index contributed by atoms with van der Waals surface area (Å²) < 4.78 is 7.43. The first-order chi connectivity index (χ1) is 12.1. The third kappa shape index (κ3) is 3.23. The van der Waals surface area contributed by atoms with E-state index in [4.69, 9.17) is 16.3 Å². The SMILES string of the molecule is O=C(CCCC1(O)CCCC1)c1cn(C2COC2)c2cccc(Cl)c12. The molecule has 1 aliphatic heterocycles. The third-order valence-corrected chi connectivity index (χ3v) is 6.02. The van der Waals surface area contributed by atoms with Crippen molar-refractivity contribution in [2.75, 3.05) is 13.2 Å². The van der Waals surface area contributed by atoms with Gasteiger partial charge in [0.1, 0.15) is 0 Å². The maximum absolute atomic E-state index is 12.8. The van der Waals surface area contributed by atoms with E-state index < -0.39 is 5.60 Å². The predicted molar refractivity (Wildman–Crippen MR) is 98.4 cm³/mol. The van der Waals surface area contributed by atoms with Gasteiger partial charge in [-0.2, -0.15) is 0 Å². The molecule has 4 nitrogen and oxygen atoms in total. The van der Waals surface area contributed by atoms with Crippen LogP contribution in [0.4, 0.5) is 0 Å². The van der Waals surface area contributed by atoms with E-state index in [2.05, 4.69) is 4.57 Å². The van der Waals surface area contributed by atoms with Crippen LogP contribution < -0.4 is 0 Å². The highest BCUT2D eigenvalue weighted by atomic mass is 35.5. The van der Waals surface area contributed by atoms with Gasteiger partial charge in [0.15, 0.2) is 5.78 Å². The largest absolute Gasteiger partial charge is 0.390 e. The average molecular weight is 362 g/mol. The zero-order valence-electron chi connectivity index (χ0n) is 14.3. The summed E-state index contributed by atoms with van der Waals surface area (Å²) in [5.41, 5.74) is 1.15. The lowest BCUT2D eigenvalue weighted by Gasteiger charge is -2.28. The molecule has 4 rings (SSSR count). The van der Waals surface area contributed by atoms with Gasteiger partial charge in [-0.1, -0.05) is 30.5 Å². The van der Waals surface area contributed by atoms with Crippen LogP contribution in [0.15, 0.2) is 24.4 Å². The van der Waals surface area contributed by atoms with Gasteiger partial charge in [0.2, 0.25) is 0 Å². The molecule has 2 aliphatic rings. The Morgan fingerprint density at radius 1 is 1.32 bits per heavy atom. The molecule has 25 heavy (non-hydrogen) atoms. The molecule has 1 saturated heterocycles. The summed E-state index contributed by atoms with van der Waals surface area (Å²) in [5, 5.41) is 11.9. The van der Waals surface area contributed by atoms with Gasteiger partial charge < -0.3 is 14.4 Å². The molecule has 0 spiro atoms. The standard InChI is InChI=1S/C20H24ClNO3/c21-16-5-3-6-17-19(16)15(11-22(17)14-12-25-13-14)18(23)7-4-10-20(24)8-1-2-9-20/h3,5-6,11,14,24H,1-2,4,7-10,12-13H2. The van der Waals surface area contributed by atoms with Gasteiger partial charge in [0.25, 0.3) is 0 Å². The summed E-state index contributed by atoms with van der Waals surface area (Å²) in [4.78, 5) is 12.8. The Balaban J connectivity index is 1.54. The van der Waals surface area contributed by atoms with Crippen LogP contribution in [0.25, 0.3) is 10.9 Å². The van der Waals surface area contributed by atoms with E-state index in [1.54, 1.807) is 0 Å². The molecule has 1 N–H and O–H groups in total. The molecule has 2 aromatic rings. The number of carbonyl (C=O) groups excluding carboxylic acids is 1. The van der Waals surface area contributed by atoms with Gasteiger partial charge in [-0.05, 0) is 37.8 Å². The maximum atomic E-state index is 12.8. The molecule has 1 aromatic carbocycles. The Morgan fingerprint density at radius 2 is 2.08 bits per heavy atom. The number of benzene rings is 1. The number of rotatable bonds is 6. The highest BCUT2D eigenvalue weighted by Crippen LogP contribution is 2.36. The zero-order chi connectivity index (χ0) is 17.4. The second-order valence-electron chi connectivity index (χ2n) is 7.48. The quantitative estimate of drug-likeness (QED) is 0.769. The number of hydrogen-bond donors (Lipinski definition) is 1. The minimum Gasteiger partial charge on any atom is -0.390 e. The predicted octanol–water partition coefficient (Wildman–Crippen LogP) is 4.52. The van der Waals surface area contributed by atoms with Crippen molar-refractivity contribution < 1.29 is 14.6 Å². The van der Waals surface area contributed by atoms with Crippen molar-refractivity contribution in [1.82, 2.24) is 4.57 Å². The number of nitrogens with zero attached hydrogens (tertiary/aromatic N) is 1. The van der Waals surface area contributed by atoms with Crippen molar-refractivity contribution in [2.45, 2.75) is 56.6 Å². The van der Waals surface area contributed by atoms with Crippen LogP contribution in [0.1, 0.15) is 61.3 Å². The smallest absolute Gasteiger partial charge is 0.165 e. The molecular formula is C20H24ClNO3. The molecule has 0 radical (unpaired) electrons. The van der Waals surface area contributed by atoms with E-state index in [-0.39, 0.29) is 11.8 Å². The highest BCUT2D eigenvalue weighted by Gasteiger charge is 2.31. The van der Waals surface area contributed by atoms with Crippen molar-refractivity contribution in [3.63, 3.8) is 0 Å². The van der Waals surface area contributed by atoms with Gasteiger partial charge >= 0.3 is 0 Å². The highest BCUT2D eigenvalue weighted by molar-refractivity contribution is 6.37. The lowest BCUT2D eigenvalue weighted by atomic mass is 9.93. The van der Waals surface area contributed by atoms with Crippen LogP contribution in [0, 0.1) is 0 Å². The normalized spacial score (nSPS) is 20.1. The van der Waals surface area contributed by atoms with Crippen molar-refractivity contribution >= 4 is 28.3 Å². The lowest BCUT2D eigenvalue weighted by molar-refractivity contribution is -0.0214. The van der Waals surface area contributed by atoms with Crippen molar-refractivity contribution in [1.29, 1.82) is 0 Å². The van der Waals surface area contributed by atoms with Gasteiger partial charge in [-0.3, -0.25) is 4.79 Å². The van der Waals surface area contributed by atoms with Gasteiger partial charge in [-0.15, -0.1) is 0 Å². The number of aromatic nitrogens is 1. The number of halogens is 1. The Bertz CT molecular complexity index is 788. The second-order valence-corrected chi connectivity index (χ2v) is 7.89. The number of aliphatic hydroxyl groups is 1. The van der Waals surface area contributed by atoms with E-state index in [0.717, 1.165) is 43.0 Å². The molecule has 134 valence electrons. The second kappa shape index (κ2) is 6.75. The minimum absolute atomic E-state index is 0.110. The van der Waals surface area contributed by atoms with Crippen LogP contribution in [0.2, 0.25) is 5.02 Å². The number of carbonyl (C=O) groups is 1. The summed E-state index contributed by atoms with van der Waals surface area (Å²) in [6.07, 6.45) is 7.75. The molecule has 1 saturated carbocycles.